The summed E-state index contributed by atoms with van der Waals surface area (Å²) in [5.41, 5.74) is 0.658. The molecule has 0 saturated carbocycles. The van der Waals surface area contributed by atoms with E-state index in [-0.39, 0.29) is 10.8 Å². The summed E-state index contributed by atoms with van der Waals surface area (Å²) in [6.07, 6.45) is 0.704. The van der Waals surface area contributed by atoms with Crippen LogP contribution in [-0.2, 0) is 14.8 Å². The molecule has 29 heavy (non-hydrogen) atoms. The van der Waals surface area contributed by atoms with Gasteiger partial charge in [-0.2, -0.15) is 0 Å². The molecule has 0 bridgehead atoms. The first kappa shape index (κ1) is 20.9. The molecule has 8 nitrogen and oxygen atoms in total. The van der Waals surface area contributed by atoms with Crippen LogP contribution in [0.2, 0.25) is 0 Å². The van der Waals surface area contributed by atoms with Gasteiger partial charge in [-0.3, -0.25) is 9.52 Å². The maximum absolute atomic E-state index is 12.7. The van der Waals surface area contributed by atoms with Gasteiger partial charge in [0.25, 0.3) is 15.9 Å². The standard InChI is InChI=1S/C20H24N2O6S/c1-2-26-10-4-9-21-20(23)15-5-3-6-16(13-15)22-29(24,25)17-7-8-18-19(14-17)28-12-11-27-18/h3,5-8,13-14,22H,2,4,9-12H2,1H3,(H,21,23). The van der Waals surface area contributed by atoms with Crippen LogP contribution in [0.25, 0.3) is 0 Å². The topological polar surface area (TPSA) is 103 Å². The highest BCUT2D eigenvalue weighted by Gasteiger charge is 2.20. The molecule has 2 aromatic rings. The van der Waals surface area contributed by atoms with Crippen molar-refractivity contribution in [3.63, 3.8) is 0 Å². The van der Waals surface area contributed by atoms with E-state index in [0.717, 1.165) is 0 Å². The number of carbonyl (C=O) groups excluding carboxylic acids is 1. The number of amides is 1. The summed E-state index contributed by atoms with van der Waals surface area (Å²) >= 11 is 0. The predicted molar refractivity (Wildman–Crippen MR) is 108 cm³/mol. The molecule has 0 spiro atoms. The first-order chi connectivity index (χ1) is 14.0. The largest absolute Gasteiger partial charge is 0.486 e. The molecule has 1 aliphatic heterocycles. The predicted octanol–water partition coefficient (Wildman–Crippen LogP) is 2.42. The minimum atomic E-state index is -3.85. The molecular formula is C20H24N2O6S. The van der Waals surface area contributed by atoms with Gasteiger partial charge in [0.1, 0.15) is 13.2 Å². The average molecular weight is 420 g/mol. The normalized spacial score (nSPS) is 13.0. The molecule has 1 heterocycles. The number of fused-ring (bicyclic) bond motifs is 1. The van der Waals surface area contributed by atoms with Crippen molar-refractivity contribution < 1.29 is 27.4 Å². The first-order valence-corrected chi connectivity index (χ1v) is 10.9. The molecule has 0 saturated heterocycles. The molecule has 0 unspecified atom stereocenters. The number of hydrogen-bond donors (Lipinski definition) is 2. The van der Waals surface area contributed by atoms with E-state index in [0.29, 0.717) is 62.1 Å². The van der Waals surface area contributed by atoms with Crippen molar-refractivity contribution in [3.05, 3.63) is 48.0 Å². The number of benzene rings is 2. The minimum Gasteiger partial charge on any atom is -0.486 e. The van der Waals surface area contributed by atoms with Gasteiger partial charge in [0.05, 0.1) is 4.90 Å². The summed E-state index contributed by atoms with van der Waals surface area (Å²) in [6.45, 7) is 4.40. The lowest BCUT2D eigenvalue weighted by Gasteiger charge is -2.19. The molecule has 0 fully saturated rings. The van der Waals surface area contributed by atoms with E-state index in [1.807, 2.05) is 6.92 Å². The Labute approximate surface area is 170 Å². The SMILES string of the molecule is CCOCCCNC(=O)c1cccc(NS(=O)(=O)c2ccc3c(c2)OCCO3)c1. The van der Waals surface area contributed by atoms with Gasteiger partial charge >= 0.3 is 0 Å². The molecule has 9 heteroatoms. The fourth-order valence-corrected chi connectivity index (χ4v) is 3.82. The summed E-state index contributed by atoms with van der Waals surface area (Å²) in [5.74, 6) is 0.624. The second kappa shape index (κ2) is 9.62. The Hall–Kier alpha value is -2.78. The van der Waals surface area contributed by atoms with Gasteiger partial charge in [0, 0.05) is 37.1 Å². The Bertz CT molecular complexity index is 961. The number of ether oxygens (including phenoxy) is 3. The van der Waals surface area contributed by atoms with Gasteiger partial charge in [0.15, 0.2) is 11.5 Å². The van der Waals surface area contributed by atoms with Crippen molar-refractivity contribution in [3.8, 4) is 11.5 Å². The van der Waals surface area contributed by atoms with E-state index in [2.05, 4.69) is 10.0 Å². The number of rotatable bonds is 9. The molecule has 2 N–H and O–H groups in total. The second-order valence-electron chi connectivity index (χ2n) is 6.30. The van der Waals surface area contributed by atoms with Crippen LogP contribution >= 0.6 is 0 Å². The van der Waals surface area contributed by atoms with Crippen LogP contribution in [0, 0.1) is 0 Å². The summed E-state index contributed by atoms with van der Waals surface area (Å²) in [7, 11) is -3.85. The number of anilines is 1. The smallest absolute Gasteiger partial charge is 0.262 e. The summed E-state index contributed by atoms with van der Waals surface area (Å²) in [5, 5.41) is 2.79. The molecular weight excluding hydrogens is 396 g/mol. The summed E-state index contributed by atoms with van der Waals surface area (Å²) in [6, 6.07) is 10.8. The third kappa shape index (κ3) is 5.61. The maximum atomic E-state index is 12.7. The van der Waals surface area contributed by atoms with Crippen molar-refractivity contribution in [1.82, 2.24) is 5.32 Å². The summed E-state index contributed by atoms with van der Waals surface area (Å²) < 4.78 is 44.0. The quantitative estimate of drug-likeness (QED) is 0.604. The highest BCUT2D eigenvalue weighted by molar-refractivity contribution is 7.92. The first-order valence-electron chi connectivity index (χ1n) is 9.38. The molecule has 1 amide bonds. The van der Waals surface area contributed by atoms with E-state index in [4.69, 9.17) is 14.2 Å². The zero-order chi connectivity index (χ0) is 20.7. The van der Waals surface area contributed by atoms with E-state index in [9.17, 15) is 13.2 Å². The van der Waals surface area contributed by atoms with Crippen molar-refractivity contribution in [1.29, 1.82) is 0 Å². The monoisotopic (exact) mass is 420 g/mol. The molecule has 2 aromatic carbocycles. The summed E-state index contributed by atoms with van der Waals surface area (Å²) in [4.78, 5) is 12.3. The van der Waals surface area contributed by atoms with Gasteiger partial charge < -0.3 is 19.5 Å². The van der Waals surface area contributed by atoms with Gasteiger partial charge in [-0.1, -0.05) is 6.07 Å². The zero-order valence-corrected chi connectivity index (χ0v) is 17.0. The number of carbonyl (C=O) groups is 1. The van der Waals surface area contributed by atoms with Crippen LogP contribution in [0.15, 0.2) is 47.4 Å². The van der Waals surface area contributed by atoms with Crippen molar-refractivity contribution in [2.45, 2.75) is 18.2 Å². The van der Waals surface area contributed by atoms with Crippen LogP contribution in [0.4, 0.5) is 5.69 Å². The van der Waals surface area contributed by atoms with Crippen molar-refractivity contribution in [2.24, 2.45) is 0 Å². The van der Waals surface area contributed by atoms with Crippen LogP contribution < -0.4 is 19.5 Å². The van der Waals surface area contributed by atoms with Gasteiger partial charge in [0.2, 0.25) is 0 Å². The van der Waals surface area contributed by atoms with Gasteiger partial charge in [-0.25, -0.2) is 8.42 Å². The van der Waals surface area contributed by atoms with Crippen LogP contribution in [0.1, 0.15) is 23.7 Å². The lowest BCUT2D eigenvalue weighted by atomic mass is 10.2. The van der Waals surface area contributed by atoms with Crippen LogP contribution in [0.3, 0.4) is 0 Å². The van der Waals surface area contributed by atoms with Crippen molar-refractivity contribution >= 4 is 21.6 Å². The highest BCUT2D eigenvalue weighted by Crippen LogP contribution is 2.32. The third-order valence-corrected chi connectivity index (χ3v) is 5.54. The van der Waals surface area contributed by atoms with Crippen LogP contribution in [0.5, 0.6) is 11.5 Å². The molecule has 0 aliphatic carbocycles. The highest BCUT2D eigenvalue weighted by atomic mass is 32.2. The number of sulfonamides is 1. The number of hydrogen-bond acceptors (Lipinski definition) is 6. The lowest BCUT2D eigenvalue weighted by molar-refractivity contribution is 0.0944. The molecule has 1 aliphatic rings. The Kier molecular flexibility index (Phi) is 6.95. The van der Waals surface area contributed by atoms with Gasteiger partial charge in [-0.05, 0) is 43.7 Å². The maximum Gasteiger partial charge on any atom is 0.262 e. The molecule has 3 rings (SSSR count). The van der Waals surface area contributed by atoms with E-state index in [1.165, 1.54) is 18.2 Å². The molecule has 156 valence electrons. The van der Waals surface area contributed by atoms with E-state index < -0.39 is 10.0 Å². The average Bonchev–Trinajstić information content (AvgIpc) is 2.73. The van der Waals surface area contributed by atoms with E-state index in [1.54, 1.807) is 24.3 Å². The molecule has 0 radical (unpaired) electrons. The zero-order valence-electron chi connectivity index (χ0n) is 16.1. The fourth-order valence-electron chi connectivity index (χ4n) is 2.75. The Morgan fingerprint density at radius 1 is 1.10 bits per heavy atom. The minimum absolute atomic E-state index is 0.0486. The van der Waals surface area contributed by atoms with E-state index >= 15 is 0 Å². The third-order valence-electron chi connectivity index (χ3n) is 4.16. The molecule has 0 atom stereocenters. The Morgan fingerprint density at radius 2 is 1.90 bits per heavy atom. The second-order valence-corrected chi connectivity index (χ2v) is 7.98. The van der Waals surface area contributed by atoms with Crippen LogP contribution in [-0.4, -0.2) is 47.3 Å². The fraction of sp³-hybridized carbons (Fsp3) is 0.350. The number of nitrogens with one attached hydrogen (secondary N) is 2. The van der Waals surface area contributed by atoms with Crippen molar-refractivity contribution in [2.75, 3.05) is 37.7 Å². The Balaban J connectivity index is 1.66. The Morgan fingerprint density at radius 3 is 2.69 bits per heavy atom. The van der Waals surface area contributed by atoms with Gasteiger partial charge in [-0.15, -0.1) is 0 Å². The molecule has 0 aromatic heterocycles. The lowest BCUT2D eigenvalue weighted by Crippen LogP contribution is -2.25.